The average Bonchev–Trinajstić information content (AvgIpc) is 3.63. The molecule has 0 aliphatic heterocycles. The fraction of sp³-hybridized carbons (Fsp3) is 0.0488. The molecule has 0 amide bonds. The summed E-state index contributed by atoms with van der Waals surface area (Å²) in [6, 6.07) is 19.9. The number of benzene rings is 6. The predicted molar refractivity (Wildman–Crippen MR) is 184 cm³/mol. The molecular formula is C41H27N3O. The Balaban J connectivity index is 1.28. The number of nitrogens with zero attached hydrogens (tertiary/aromatic N) is 3. The number of aromatic nitrogens is 3. The van der Waals surface area contributed by atoms with E-state index in [1.165, 1.54) is 0 Å². The highest BCUT2D eigenvalue weighted by Crippen LogP contribution is 2.38. The molecule has 8 aromatic rings. The maximum absolute atomic E-state index is 9.12. The van der Waals surface area contributed by atoms with Crippen LogP contribution in [0.15, 0.2) is 138 Å². The zero-order chi connectivity index (χ0) is 40.2. The third kappa shape index (κ3) is 4.50. The summed E-state index contributed by atoms with van der Waals surface area (Å²) in [6.07, 6.45) is -2.79. The number of hydrogen-bond donors (Lipinski definition) is 0. The Morgan fingerprint density at radius 1 is 0.600 bits per heavy atom. The third-order valence-corrected chi connectivity index (χ3v) is 7.82. The molecule has 0 saturated carbocycles. The van der Waals surface area contributed by atoms with E-state index in [-0.39, 0.29) is 69.0 Å². The maximum Gasteiger partial charge on any atom is 0.164 e. The molecule has 0 bridgehead atoms. The lowest BCUT2D eigenvalue weighted by molar-refractivity contribution is 0.546. The molecule has 212 valence electrons. The van der Waals surface area contributed by atoms with Crippen molar-refractivity contribution in [2.24, 2.45) is 0 Å². The van der Waals surface area contributed by atoms with Crippen LogP contribution in [-0.4, -0.2) is 15.0 Å². The fourth-order valence-corrected chi connectivity index (χ4v) is 5.64. The number of rotatable bonds is 4. The van der Waals surface area contributed by atoms with E-state index in [0.717, 1.165) is 16.2 Å². The van der Waals surface area contributed by atoms with E-state index in [0.29, 0.717) is 22.1 Å². The Morgan fingerprint density at radius 2 is 1.24 bits per heavy atom. The van der Waals surface area contributed by atoms with Crippen LogP contribution in [0.4, 0.5) is 0 Å². The predicted octanol–water partition coefficient (Wildman–Crippen LogP) is 10.6. The SMILES string of the molecule is [2H]C1=C([2H])C([2H])C([2H])c2oc3c([2H])c([2H])c([2H])c(-c4nc(-c5ccc6ccccc6c5)nc(-c5ccc6cc(-c7c([2H])c([2H])c([2H])c([2H])c7[2H])ccc6c5)n4)c3c21. The Labute approximate surface area is 277 Å². The summed E-state index contributed by atoms with van der Waals surface area (Å²) in [6.45, 7) is 0. The van der Waals surface area contributed by atoms with E-state index in [1.54, 1.807) is 30.3 Å². The van der Waals surface area contributed by atoms with E-state index < -0.39 is 55.1 Å². The van der Waals surface area contributed by atoms with Gasteiger partial charge in [-0.05, 0) is 63.3 Å². The normalized spacial score (nSPS) is 20.1. The van der Waals surface area contributed by atoms with Crippen molar-refractivity contribution in [1.82, 2.24) is 15.0 Å². The van der Waals surface area contributed by atoms with Crippen molar-refractivity contribution in [2.45, 2.75) is 12.8 Å². The quantitative estimate of drug-likeness (QED) is 0.205. The molecule has 0 radical (unpaired) electrons. The molecule has 2 atom stereocenters. The van der Waals surface area contributed by atoms with Crippen LogP contribution in [0.5, 0.6) is 0 Å². The van der Waals surface area contributed by atoms with Gasteiger partial charge in [0, 0.05) is 36.8 Å². The minimum atomic E-state index is -1.40. The van der Waals surface area contributed by atoms with Gasteiger partial charge in [0.15, 0.2) is 17.5 Å². The van der Waals surface area contributed by atoms with Crippen molar-refractivity contribution in [3.63, 3.8) is 0 Å². The molecule has 1 aliphatic carbocycles. The summed E-state index contributed by atoms with van der Waals surface area (Å²) in [5.74, 6) is 0.225. The van der Waals surface area contributed by atoms with Gasteiger partial charge in [-0.25, -0.2) is 15.0 Å². The second-order valence-electron chi connectivity index (χ2n) is 10.5. The summed E-state index contributed by atoms with van der Waals surface area (Å²) in [7, 11) is 0. The van der Waals surface area contributed by atoms with Crippen LogP contribution in [0.25, 0.3) is 83.9 Å². The topological polar surface area (TPSA) is 51.8 Å². The lowest BCUT2D eigenvalue weighted by Crippen LogP contribution is -2.01. The first kappa shape index (κ1) is 16.3. The zero-order valence-corrected chi connectivity index (χ0v) is 23.4. The molecule has 4 heteroatoms. The first-order valence-electron chi connectivity index (χ1n) is 20.4. The van der Waals surface area contributed by atoms with Gasteiger partial charge in [0.1, 0.15) is 11.3 Å². The van der Waals surface area contributed by atoms with Gasteiger partial charge in [-0.3, -0.25) is 0 Å². The Hall–Kier alpha value is -5.87. The zero-order valence-electron chi connectivity index (χ0n) is 35.4. The highest BCUT2D eigenvalue weighted by molar-refractivity contribution is 6.00. The summed E-state index contributed by atoms with van der Waals surface area (Å²) in [5, 5.41) is 3.36. The average molecular weight is 590 g/mol. The van der Waals surface area contributed by atoms with Crippen molar-refractivity contribution in [1.29, 1.82) is 0 Å². The van der Waals surface area contributed by atoms with Gasteiger partial charge >= 0.3 is 0 Å². The van der Waals surface area contributed by atoms with Crippen LogP contribution in [-0.2, 0) is 6.40 Å². The highest BCUT2D eigenvalue weighted by atomic mass is 16.3. The summed E-state index contributed by atoms with van der Waals surface area (Å²) >= 11 is 0. The molecule has 2 unspecified atom stereocenters. The molecule has 9 rings (SSSR count). The fourth-order valence-electron chi connectivity index (χ4n) is 5.64. The molecule has 2 heterocycles. The van der Waals surface area contributed by atoms with Crippen LogP contribution >= 0.6 is 0 Å². The smallest absolute Gasteiger partial charge is 0.164 e. The van der Waals surface area contributed by atoms with Gasteiger partial charge in [-0.1, -0.05) is 115 Å². The molecule has 0 N–H and O–H groups in total. The number of furan rings is 1. The molecule has 4 nitrogen and oxygen atoms in total. The first-order chi connectivity index (χ1) is 27.2. The third-order valence-electron chi connectivity index (χ3n) is 7.82. The van der Waals surface area contributed by atoms with Crippen molar-refractivity contribution in [2.75, 3.05) is 0 Å². The molecule has 0 fully saturated rings. The largest absolute Gasteiger partial charge is 0.460 e. The standard InChI is InChI=1S/C41H27N3O/c1-2-9-26(10-3-1)29-18-19-31-25-33(22-20-30(31)23-29)40-42-39(32-21-17-27-11-4-5-12-28(27)24-32)43-41(44-40)35-14-8-16-37-38(35)34-13-6-7-15-36(34)45-37/h1-6,8-14,16-25H,7,15H2/i1D,2D,3D,6D,7D,8D,9D,10D,13D,14D,15D,16D. The van der Waals surface area contributed by atoms with Crippen molar-refractivity contribution < 1.29 is 20.9 Å². The lowest BCUT2D eigenvalue weighted by Gasteiger charge is -2.11. The number of aryl methyl sites for hydroxylation is 1. The van der Waals surface area contributed by atoms with Gasteiger partial charge < -0.3 is 4.42 Å². The van der Waals surface area contributed by atoms with E-state index in [4.69, 9.17) is 35.8 Å². The Bertz CT molecular complexity index is 3060. The van der Waals surface area contributed by atoms with Gasteiger partial charge in [0.25, 0.3) is 0 Å². The second kappa shape index (κ2) is 10.4. The summed E-state index contributed by atoms with van der Waals surface area (Å²) < 4.78 is 108. The minimum Gasteiger partial charge on any atom is -0.460 e. The summed E-state index contributed by atoms with van der Waals surface area (Å²) in [4.78, 5) is 14.5. The van der Waals surface area contributed by atoms with E-state index >= 15 is 0 Å². The van der Waals surface area contributed by atoms with Gasteiger partial charge in [0.2, 0.25) is 0 Å². The van der Waals surface area contributed by atoms with Crippen LogP contribution in [0.1, 0.15) is 34.2 Å². The van der Waals surface area contributed by atoms with Crippen molar-refractivity contribution in [3.8, 4) is 45.3 Å². The van der Waals surface area contributed by atoms with E-state index in [2.05, 4.69) is 0 Å². The molecule has 6 aromatic carbocycles. The summed E-state index contributed by atoms with van der Waals surface area (Å²) in [5.41, 5.74) is 1.44. The molecule has 2 aromatic heterocycles. The van der Waals surface area contributed by atoms with Crippen molar-refractivity contribution in [3.05, 3.63) is 145 Å². The Morgan fingerprint density at radius 3 is 2.02 bits per heavy atom. The molecular weight excluding hydrogens is 550 g/mol. The van der Waals surface area contributed by atoms with Crippen LogP contribution in [0, 0.1) is 0 Å². The number of allylic oxidation sites excluding steroid dienone is 1. The first-order valence-corrected chi connectivity index (χ1v) is 14.2. The van der Waals surface area contributed by atoms with Gasteiger partial charge in [0.05, 0.1) is 13.7 Å². The minimum absolute atomic E-state index is 0.00894. The van der Waals surface area contributed by atoms with Gasteiger partial charge in [-0.2, -0.15) is 0 Å². The lowest BCUT2D eigenvalue weighted by atomic mass is 9.98. The monoisotopic (exact) mass is 589 g/mol. The van der Waals surface area contributed by atoms with Crippen LogP contribution < -0.4 is 0 Å². The second-order valence-corrected chi connectivity index (χ2v) is 10.5. The molecule has 45 heavy (non-hydrogen) atoms. The Kier molecular flexibility index (Phi) is 3.76. The van der Waals surface area contributed by atoms with Crippen LogP contribution in [0.3, 0.4) is 0 Å². The molecule has 0 spiro atoms. The van der Waals surface area contributed by atoms with Crippen molar-refractivity contribution >= 4 is 38.6 Å². The highest BCUT2D eigenvalue weighted by Gasteiger charge is 2.21. The van der Waals surface area contributed by atoms with Gasteiger partial charge in [-0.15, -0.1) is 0 Å². The number of hydrogen-bond acceptors (Lipinski definition) is 4. The van der Waals surface area contributed by atoms with E-state index in [9.17, 15) is 0 Å². The number of fused-ring (bicyclic) bond motifs is 5. The van der Waals surface area contributed by atoms with E-state index in [1.807, 2.05) is 48.5 Å². The van der Waals surface area contributed by atoms with Crippen LogP contribution in [0.2, 0.25) is 0 Å². The maximum atomic E-state index is 9.12. The molecule has 0 saturated heterocycles. The molecule has 1 aliphatic rings.